The molecule has 0 bridgehead atoms. The molecule has 2 aromatic heterocycles. The first-order chi connectivity index (χ1) is 23.2. The summed E-state index contributed by atoms with van der Waals surface area (Å²) in [5.41, 5.74) is 19.1. The first-order valence-electron chi connectivity index (χ1n) is 15.6. The molecule has 8 rings (SSSR count). The lowest BCUT2D eigenvalue weighted by atomic mass is 9.93. The Hall–Kier alpha value is -6.39. The van der Waals surface area contributed by atoms with E-state index in [-0.39, 0.29) is 0 Å². The number of anilines is 1. The van der Waals surface area contributed by atoms with Gasteiger partial charge in [-0.1, -0.05) is 121 Å². The molecule has 0 spiro atoms. The number of hydrogen-bond donors (Lipinski definition) is 1. The zero-order valence-electron chi connectivity index (χ0n) is 25.6. The molecule has 0 aliphatic carbocycles. The van der Waals surface area contributed by atoms with Crippen molar-refractivity contribution < 1.29 is 0 Å². The van der Waals surface area contributed by atoms with E-state index in [9.17, 15) is 0 Å². The minimum absolute atomic E-state index is 0.679. The third-order valence-corrected chi connectivity index (χ3v) is 8.46. The summed E-state index contributed by atoms with van der Waals surface area (Å²) in [6.45, 7) is 0. The number of nitrogens with zero attached hydrogens (tertiary/aromatic N) is 3. The second-order valence-corrected chi connectivity index (χ2v) is 11.6. The lowest BCUT2D eigenvalue weighted by molar-refractivity contribution is 1.18. The molecule has 0 aliphatic heterocycles. The highest BCUT2D eigenvalue weighted by Gasteiger charge is 2.14. The van der Waals surface area contributed by atoms with Crippen LogP contribution in [0.2, 0.25) is 0 Å². The lowest BCUT2D eigenvalue weighted by Gasteiger charge is -2.13. The Morgan fingerprint density at radius 2 is 0.936 bits per heavy atom. The zero-order valence-corrected chi connectivity index (χ0v) is 25.6. The molecule has 0 aliphatic rings. The summed E-state index contributed by atoms with van der Waals surface area (Å²) in [6.07, 6.45) is 1.86. The second kappa shape index (κ2) is 12.2. The molecule has 0 amide bonds. The van der Waals surface area contributed by atoms with E-state index in [0.717, 1.165) is 78.0 Å². The molecule has 0 radical (unpaired) electrons. The molecule has 222 valence electrons. The van der Waals surface area contributed by atoms with Crippen LogP contribution < -0.4 is 5.73 Å². The second-order valence-electron chi connectivity index (χ2n) is 11.6. The monoisotopic (exact) mass is 602 g/mol. The van der Waals surface area contributed by atoms with Gasteiger partial charge in [0.1, 0.15) is 0 Å². The van der Waals surface area contributed by atoms with Crippen molar-refractivity contribution >= 4 is 16.6 Å². The van der Waals surface area contributed by atoms with Gasteiger partial charge in [0.25, 0.3) is 0 Å². The van der Waals surface area contributed by atoms with E-state index in [1.807, 2.05) is 60.8 Å². The van der Waals surface area contributed by atoms with Gasteiger partial charge >= 0.3 is 0 Å². The van der Waals surface area contributed by atoms with Gasteiger partial charge in [0.15, 0.2) is 5.82 Å². The van der Waals surface area contributed by atoms with Crippen LogP contribution in [0.15, 0.2) is 170 Å². The van der Waals surface area contributed by atoms with E-state index < -0.39 is 0 Å². The lowest BCUT2D eigenvalue weighted by Crippen LogP contribution is -1.96. The molecule has 4 nitrogen and oxygen atoms in total. The van der Waals surface area contributed by atoms with Gasteiger partial charge in [0.05, 0.1) is 16.9 Å². The Balaban J connectivity index is 1.23. The fourth-order valence-electron chi connectivity index (χ4n) is 6.03. The Morgan fingerprint density at radius 3 is 1.57 bits per heavy atom. The third kappa shape index (κ3) is 5.76. The predicted molar refractivity (Wildman–Crippen MR) is 194 cm³/mol. The van der Waals surface area contributed by atoms with Crippen LogP contribution in [0.5, 0.6) is 0 Å². The maximum absolute atomic E-state index is 5.90. The van der Waals surface area contributed by atoms with Gasteiger partial charge in [0.2, 0.25) is 0 Å². The van der Waals surface area contributed by atoms with Gasteiger partial charge in [-0.3, -0.25) is 4.98 Å². The van der Waals surface area contributed by atoms with E-state index in [1.165, 1.54) is 0 Å². The highest BCUT2D eigenvalue weighted by molar-refractivity contribution is 5.98. The van der Waals surface area contributed by atoms with Gasteiger partial charge in [0, 0.05) is 39.5 Å². The summed E-state index contributed by atoms with van der Waals surface area (Å²) in [4.78, 5) is 15.0. The van der Waals surface area contributed by atoms with Crippen molar-refractivity contribution in [2.24, 2.45) is 0 Å². The van der Waals surface area contributed by atoms with Crippen molar-refractivity contribution in [2.45, 2.75) is 0 Å². The van der Waals surface area contributed by atoms with E-state index in [2.05, 4.69) is 109 Å². The van der Waals surface area contributed by atoms with Crippen molar-refractivity contribution in [1.29, 1.82) is 0 Å². The average molecular weight is 603 g/mol. The smallest absolute Gasteiger partial charge is 0.160 e. The maximum atomic E-state index is 5.90. The molecule has 0 saturated carbocycles. The maximum Gasteiger partial charge on any atom is 0.160 e. The Labute approximate surface area is 273 Å². The molecule has 8 aromatic rings. The number of pyridine rings is 1. The van der Waals surface area contributed by atoms with Gasteiger partial charge in [-0.15, -0.1) is 0 Å². The molecule has 0 atom stereocenters. The SMILES string of the molecule is Nc1ccc(-c2ccc(-c3cc(-c4cccc(-c5nc(-c6ccccc6)cc(-c6ccccc6)n5)c4)c4ncccc4c3)cc2)cc1. The zero-order chi connectivity index (χ0) is 31.6. The number of fused-ring (bicyclic) bond motifs is 1. The van der Waals surface area contributed by atoms with Crippen LogP contribution in [0.4, 0.5) is 5.69 Å². The summed E-state index contributed by atoms with van der Waals surface area (Å²) in [6, 6.07) is 56.3. The average Bonchev–Trinajstić information content (AvgIpc) is 3.15. The predicted octanol–water partition coefficient (Wildman–Crippen LogP) is 10.6. The van der Waals surface area contributed by atoms with Crippen LogP contribution >= 0.6 is 0 Å². The molecular weight excluding hydrogens is 573 g/mol. The Kier molecular flexibility index (Phi) is 7.29. The number of nitrogens with two attached hydrogens (primary N) is 1. The first kappa shape index (κ1) is 28.1. The Morgan fingerprint density at radius 1 is 0.383 bits per heavy atom. The number of nitrogen functional groups attached to an aromatic ring is 1. The molecule has 0 fully saturated rings. The minimum Gasteiger partial charge on any atom is -0.399 e. The quantitative estimate of drug-likeness (QED) is 0.192. The van der Waals surface area contributed by atoms with E-state index in [4.69, 9.17) is 20.7 Å². The van der Waals surface area contributed by atoms with Crippen molar-refractivity contribution in [3.8, 4) is 67.3 Å². The molecular formula is C43H30N4. The Bertz CT molecular complexity index is 2270. The van der Waals surface area contributed by atoms with Crippen LogP contribution in [-0.4, -0.2) is 15.0 Å². The first-order valence-corrected chi connectivity index (χ1v) is 15.6. The largest absolute Gasteiger partial charge is 0.399 e. The fraction of sp³-hybridized carbons (Fsp3) is 0. The molecule has 4 heteroatoms. The van der Waals surface area contributed by atoms with Crippen LogP contribution in [0, 0.1) is 0 Å². The highest BCUT2D eigenvalue weighted by atomic mass is 14.9. The summed E-state index contributed by atoms with van der Waals surface area (Å²) in [5.74, 6) is 0.679. The van der Waals surface area contributed by atoms with Crippen molar-refractivity contribution in [3.63, 3.8) is 0 Å². The number of hydrogen-bond acceptors (Lipinski definition) is 4. The summed E-state index contributed by atoms with van der Waals surface area (Å²) < 4.78 is 0. The molecule has 6 aromatic carbocycles. The fourth-order valence-corrected chi connectivity index (χ4v) is 6.03. The van der Waals surface area contributed by atoms with E-state index >= 15 is 0 Å². The van der Waals surface area contributed by atoms with Gasteiger partial charge < -0.3 is 5.73 Å². The summed E-state index contributed by atoms with van der Waals surface area (Å²) >= 11 is 0. The summed E-state index contributed by atoms with van der Waals surface area (Å²) in [7, 11) is 0. The third-order valence-electron chi connectivity index (χ3n) is 8.46. The molecule has 0 unspecified atom stereocenters. The van der Waals surface area contributed by atoms with Crippen molar-refractivity contribution in [2.75, 3.05) is 5.73 Å². The van der Waals surface area contributed by atoms with E-state index in [1.54, 1.807) is 0 Å². The highest BCUT2D eigenvalue weighted by Crippen LogP contribution is 2.36. The molecule has 2 heterocycles. The van der Waals surface area contributed by atoms with Gasteiger partial charge in [-0.25, -0.2) is 9.97 Å². The molecule has 2 N–H and O–H groups in total. The molecule has 0 saturated heterocycles. The van der Waals surface area contributed by atoms with Gasteiger partial charge in [-0.05, 0) is 70.3 Å². The topological polar surface area (TPSA) is 64.7 Å². The van der Waals surface area contributed by atoms with Crippen LogP contribution in [0.25, 0.3) is 78.2 Å². The summed E-state index contributed by atoms with van der Waals surface area (Å²) in [5, 5.41) is 1.08. The minimum atomic E-state index is 0.679. The number of benzene rings is 6. The number of aromatic nitrogens is 3. The van der Waals surface area contributed by atoms with Crippen LogP contribution in [0.1, 0.15) is 0 Å². The van der Waals surface area contributed by atoms with Crippen molar-refractivity contribution in [3.05, 3.63) is 170 Å². The van der Waals surface area contributed by atoms with E-state index in [0.29, 0.717) is 5.82 Å². The van der Waals surface area contributed by atoms with Crippen molar-refractivity contribution in [1.82, 2.24) is 15.0 Å². The van der Waals surface area contributed by atoms with Crippen LogP contribution in [0.3, 0.4) is 0 Å². The van der Waals surface area contributed by atoms with Gasteiger partial charge in [-0.2, -0.15) is 0 Å². The number of rotatable bonds is 6. The molecule has 47 heavy (non-hydrogen) atoms. The normalized spacial score (nSPS) is 11.1. The van der Waals surface area contributed by atoms with Crippen LogP contribution in [-0.2, 0) is 0 Å². The standard InChI is InChI=1S/C43H30N4/c44-38-22-20-30(21-23-38)29-16-18-31(19-17-29)37-26-35-15-8-24-45-42(35)39(27-37)34-13-7-14-36(25-34)43-46-40(32-9-3-1-4-10-32)28-41(47-43)33-11-5-2-6-12-33/h1-28H,44H2.